The first kappa shape index (κ1) is 12.9. The van der Waals surface area contributed by atoms with Gasteiger partial charge in [0.2, 0.25) is 5.78 Å². The molecular formula is C14H11BrN4O. The summed E-state index contributed by atoms with van der Waals surface area (Å²) in [5.41, 5.74) is 2.29. The van der Waals surface area contributed by atoms with Crippen molar-refractivity contribution < 1.29 is 4.79 Å². The second-order valence-corrected chi connectivity index (χ2v) is 5.08. The number of hydrogen-bond acceptors (Lipinski definition) is 4. The predicted molar refractivity (Wildman–Crippen MR) is 78.6 cm³/mol. The maximum absolute atomic E-state index is 12.6. The van der Waals surface area contributed by atoms with Crippen LogP contribution < -0.4 is 0 Å². The molecule has 0 bridgehead atoms. The van der Waals surface area contributed by atoms with E-state index in [9.17, 15) is 4.79 Å². The minimum atomic E-state index is -0.186. The average Bonchev–Trinajstić information content (AvgIpc) is 2.87. The lowest BCUT2D eigenvalue weighted by Crippen LogP contribution is -2.13. The molecule has 2 heterocycles. The Morgan fingerprint density at radius 1 is 1.25 bits per heavy atom. The molecule has 0 unspecified atom stereocenters. The van der Waals surface area contributed by atoms with Gasteiger partial charge in [0.25, 0.3) is 0 Å². The van der Waals surface area contributed by atoms with Crippen LogP contribution >= 0.6 is 15.9 Å². The Labute approximate surface area is 123 Å². The summed E-state index contributed by atoms with van der Waals surface area (Å²) >= 11 is 3.35. The van der Waals surface area contributed by atoms with Crippen LogP contribution in [0.2, 0.25) is 0 Å². The summed E-state index contributed by atoms with van der Waals surface area (Å²) in [5.74, 6) is -0.186. The topological polar surface area (TPSA) is 60.7 Å². The summed E-state index contributed by atoms with van der Waals surface area (Å²) < 4.78 is 2.31. The van der Waals surface area contributed by atoms with Crippen LogP contribution in [-0.4, -0.2) is 25.5 Å². The van der Waals surface area contributed by atoms with Gasteiger partial charge in [0, 0.05) is 6.54 Å². The quantitative estimate of drug-likeness (QED) is 0.693. The molecule has 3 rings (SSSR count). The summed E-state index contributed by atoms with van der Waals surface area (Å²) in [7, 11) is 0. The highest BCUT2D eigenvalue weighted by Gasteiger charge is 2.20. The molecule has 20 heavy (non-hydrogen) atoms. The van der Waals surface area contributed by atoms with Gasteiger partial charge in [-0.2, -0.15) is 5.10 Å². The van der Waals surface area contributed by atoms with Crippen LogP contribution in [0.25, 0.3) is 11.0 Å². The molecule has 1 aromatic carbocycles. The zero-order valence-electron chi connectivity index (χ0n) is 10.7. The van der Waals surface area contributed by atoms with Crippen molar-refractivity contribution in [3.05, 3.63) is 52.5 Å². The van der Waals surface area contributed by atoms with Gasteiger partial charge < -0.3 is 0 Å². The number of rotatable bonds is 3. The van der Waals surface area contributed by atoms with Gasteiger partial charge >= 0.3 is 0 Å². The number of fused-ring (bicyclic) bond motifs is 1. The summed E-state index contributed by atoms with van der Waals surface area (Å²) in [6.07, 6.45) is 3.12. The lowest BCUT2D eigenvalue weighted by molar-refractivity contribution is 0.102. The van der Waals surface area contributed by atoms with E-state index in [2.05, 4.69) is 31.0 Å². The van der Waals surface area contributed by atoms with Crippen molar-refractivity contribution in [1.29, 1.82) is 0 Å². The molecule has 0 N–H and O–H groups in total. The number of aromatic nitrogens is 4. The van der Waals surface area contributed by atoms with E-state index in [0.29, 0.717) is 27.9 Å². The SMILES string of the molecule is CCn1ncc(Br)c1C(=O)c1cnc2ccccc2n1. The molecule has 0 fully saturated rings. The van der Waals surface area contributed by atoms with E-state index in [1.54, 1.807) is 10.9 Å². The Bertz CT molecular complexity index is 797. The lowest BCUT2D eigenvalue weighted by Gasteiger charge is -2.05. The highest BCUT2D eigenvalue weighted by Crippen LogP contribution is 2.20. The number of ketones is 1. The van der Waals surface area contributed by atoms with E-state index in [1.165, 1.54) is 6.20 Å². The van der Waals surface area contributed by atoms with Crippen molar-refractivity contribution in [2.75, 3.05) is 0 Å². The zero-order valence-corrected chi connectivity index (χ0v) is 12.3. The van der Waals surface area contributed by atoms with E-state index in [1.807, 2.05) is 31.2 Å². The molecule has 0 amide bonds. The van der Waals surface area contributed by atoms with Crippen LogP contribution in [0.4, 0.5) is 0 Å². The molecule has 0 aliphatic heterocycles. The number of aryl methyl sites for hydroxylation is 1. The second-order valence-electron chi connectivity index (χ2n) is 4.23. The molecule has 2 aromatic heterocycles. The number of carbonyl (C=O) groups is 1. The van der Waals surface area contributed by atoms with Crippen LogP contribution in [0.1, 0.15) is 23.1 Å². The van der Waals surface area contributed by atoms with Gasteiger partial charge in [-0.05, 0) is 35.0 Å². The minimum Gasteiger partial charge on any atom is -0.285 e. The molecule has 3 aromatic rings. The van der Waals surface area contributed by atoms with Gasteiger partial charge in [-0.3, -0.25) is 14.5 Å². The molecule has 0 aliphatic carbocycles. The van der Waals surface area contributed by atoms with Gasteiger partial charge in [-0.25, -0.2) is 4.98 Å². The first-order chi connectivity index (χ1) is 9.70. The lowest BCUT2D eigenvalue weighted by atomic mass is 10.2. The highest BCUT2D eigenvalue weighted by molar-refractivity contribution is 9.10. The predicted octanol–water partition coefficient (Wildman–Crippen LogP) is 2.84. The monoisotopic (exact) mass is 330 g/mol. The fourth-order valence-corrected chi connectivity index (χ4v) is 2.49. The first-order valence-corrected chi connectivity index (χ1v) is 6.97. The summed E-state index contributed by atoms with van der Waals surface area (Å²) in [6.45, 7) is 2.55. The number of para-hydroxylation sites is 2. The molecule has 0 spiro atoms. The third-order valence-electron chi connectivity index (χ3n) is 2.99. The molecule has 100 valence electrons. The fraction of sp³-hybridized carbons (Fsp3) is 0.143. The minimum absolute atomic E-state index is 0.186. The Kier molecular flexibility index (Phi) is 3.31. The molecule has 0 aliphatic rings. The molecule has 0 radical (unpaired) electrons. The van der Waals surface area contributed by atoms with Crippen molar-refractivity contribution in [1.82, 2.24) is 19.7 Å². The van der Waals surface area contributed by atoms with Gasteiger partial charge in [0.1, 0.15) is 11.4 Å². The van der Waals surface area contributed by atoms with E-state index in [4.69, 9.17) is 0 Å². The number of halogens is 1. The molecule has 0 saturated carbocycles. The van der Waals surface area contributed by atoms with Gasteiger partial charge in [0.05, 0.1) is 27.9 Å². The van der Waals surface area contributed by atoms with Crippen LogP contribution in [-0.2, 0) is 6.54 Å². The molecule has 6 heteroatoms. The summed E-state index contributed by atoms with van der Waals surface area (Å²) in [6, 6.07) is 7.47. The number of carbonyl (C=O) groups excluding carboxylic acids is 1. The van der Waals surface area contributed by atoms with E-state index >= 15 is 0 Å². The largest absolute Gasteiger partial charge is 0.285 e. The van der Waals surface area contributed by atoms with E-state index in [0.717, 1.165) is 5.52 Å². The molecular weight excluding hydrogens is 320 g/mol. The smallest absolute Gasteiger partial charge is 0.232 e. The van der Waals surface area contributed by atoms with Crippen molar-refractivity contribution in [2.45, 2.75) is 13.5 Å². The normalized spacial score (nSPS) is 10.9. The Morgan fingerprint density at radius 3 is 2.75 bits per heavy atom. The van der Waals surface area contributed by atoms with Crippen molar-refractivity contribution in [2.24, 2.45) is 0 Å². The summed E-state index contributed by atoms with van der Waals surface area (Å²) in [4.78, 5) is 21.2. The van der Waals surface area contributed by atoms with Crippen molar-refractivity contribution >= 4 is 32.7 Å². The maximum Gasteiger partial charge on any atom is 0.232 e. The van der Waals surface area contributed by atoms with Crippen LogP contribution in [0, 0.1) is 0 Å². The third-order valence-corrected chi connectivity index (χ3v) is 3.57. The zero-order chi connectivity index (χ0) is 14.1. The number of nitrogens with zero attached hydrogens (tertiary/aromatic N) is 4. The second kappa shape index (κ2) is 5.13. The fourth-order valence-electron chi connectivity index (χ4n) is 2.02. The van der Waals surface area contributed by atoms with Gasteiger partial charge in [0.15, 0.2) is 0 Å². The van der Waals surface area contributed by atoms with Crippen LogP contribution in [0.3, 0.4) is 0 Å². The first-order valence-electron chi connectivity index (χ1n) is 6.18. The average molecular weight is 331 g/mol. The van der Waals surface area contributed by atoms with Gasteiger partial charge in [-0.1, -0.05) is 12.1 Å². The van der Waals surface area contributed by atoms with Gasteiger partial charge in [-0.15, -0.1) is 0 Å². The van der Waals surface area contributed by atoms with E-state index < -0.39 is 0 Å². The van der Waals surface area contributed by atoms with Crippen molar-refractivity contribution in [3.63, 3.8) is 0 Å². The Hall–Kier alpha value is -2.08. The molecule has 0 atom stereocenters. The standard InChI is InChI=1S/C14H11BrN4O/c1-2-19-13(9(15)7-17-19)14(20)12-8-16-10-5-3-4-6-11(10)18-12/h3-8H,2H2,1H3. The van der Waals surface area contributed by atoms with Crippen molar-refractivity contribution in [3.8, 4) is 0 Å². The molecule has 5 nitrogen and oxygen atoms in total. The summed E-state index contributed by atoms with van der Waals surface area (Å²) in [5, 5.41) is 4.14. The third kappa shape index (κ3) is 2.12. The maximum atomic E-state index is 12.6. The highest BCUT2D eigenvalue weighted by atomic mass is 79.9. The van der Waals surface area contributed by atoms with Crippen LogP contribution in [0.5, 0.6) is 0 Å². The van der Waals surface area contributed by atoms with E-state index in [-0.39, 0.29) is 5.78 Å². The Balaban J connectivity index is 2.10. The number of hydrogen-bond donors (Lipinski definition) is 0. The number of benzene rings is 1. The Morgan fingerprint density at radius 2 is 2.00 bits per heavy atom. The van der Waals surface area contributed by atoms with Crippen LogP contribution in [0.15, 0.2) is 41.1 Å². The molecule has 0 saturated heterocycles.